The average Bonchev–Trinajstić information content (AvgIpc) is 2.64. The lowest BCUT2D eigenvalue weighted by Gasteiger charge is -2.27. The summed E-state index contributed by atoms with van der Waals surface area (Å²) in [5.41, 5.74) is 1.01. The average molecular weight is 456 g/mol. The number of nitrogens with one attached hydrogen (secondary N) is 1. The van der Waals surface area contributed by atoms with Crippen molar-refractivity contribution in [2.45, 2.75) is 19.1 Å². The quantitative estimate of drug-likeness (QED) is 0.645. The van der Waals surface area contributed by atoms with Crippen molar-refractivity contribution in [3.05, 3.63) is 57.5 Å². The van der Waals surface area contributed by atoms with Gasteiger partial charge in [-0.25, -0.2) is 0 Å². The van der Waals surface area contributed by atoms with E-state index in [4.69, 9.17) is 21.1 Å². The van der Waals surface area contributed by atoms with E-state index in [0.717, 1.165) is 11.3 Å². The Morgan fingerprint density at radius 2 is 1.93 bits per heavy atom. The van der Waals surface area contributed by atoms with Crippen LogP contribution >= 0.6 is 27.5 Å². The Morgan fingerprint density at radius 1 is 1.22 bits per heavy atom. The molecule has 0 heterocycles. The lowest BCUT2D eigenvalue weighted by Crippen LogP contribution is -2.41. The lowest BCUT2D eigenvalue weighted by molar-refractivity contribution is -0.127. The van der Waals surface area contributed by atoms with Crippen LogP contribution in [0.2, 0.25) is 5.02 Å². The summed E-state index contributed by atoms with van der Waals surface area (Å²) < 4.78 is 11.9. The number of halogens is 2. The van der Waals surface area contributed by atoms with Crippen LogP contribution in [-0.4, -0.2) is 44.7 Å². The van der Waals surface area contributed by atoms with Gasteiger partial charge in [0.05, 0.1) is 17.6 Å². The van der Waals surface area contributed by atoms with Crippen molar-refractivity contribution in [3.63, 3.8) is 0 Å². The van der Waals surface area contributed by atoms with Crippen molar-refractivity contribution in [3.8, 4) is 11.5 Å². The number of carbonyl (C=O) groups is 1. The summed E-state index contributed by atoms with van der Waals surface area (Å²) in [7, 11) is 5.58. The predicted molar refractivity (Wildman–Crippen MR) is 112 cm³/mol. The van der Waals surface area contributed by atoms with Crippen LogP contribution in [0.1, 0.15) is 18.5 Å². The molecule has 2 rings (SSSR count). The van der Waals surface area contributed by atoms with Crippen LogP contribution in [0.15, 0.2) is 46.9 Å². The zero-order valence-corrected chi connectivity index (χ0v) is 18.2. The molecule has 2 atom stereocenters. The van der Waals surface area contributed by atoms with Gasteiger partial charge in [-0.2, -0.15) is 0 Å². The van der Waals surface area contributed by atoms with E-state index < -0.39 is 6.10 Å². The van der Waals surface area contributed by atoms with Gasteiger partial charge in [0.2, 0.25) is 0 Å². The first-order valence-corrected chi connectivity index (χ1v) is 9.69. The van der Waals surface area contributed by atoms with Crippen molar-refractivity contribution in [1.82, 2.24) is 10.2 Å². The van der Waals surface area contributed by atoms with Gasteiger partial charge in [-0.1, -0.05) is 29.8 Å². The Morgan fingerprint density at radius 3 is 2.56 bits per heavy atom. The van der Waals surface area contributed by atoms with E-state index >= 15 is 0 Å². The van der Waals surface area contributed by atoms with Gasteiger partial charge in [-0.15, -0.1) is 0 Å². The molecule has 0 bridgehead atoms. The molecule has 1 amide bonds. The van der Waals surface area contributed by atoms with Gasteiger partial charge in [-0.3, -0.25) is 4.79 Å². The number of likely N-dealkylation sites (N-methyl/N-ethyl adjacent to an activating group) is 1. The molecule has 146 valence electrons. The molecule has 2 aromatic rings. The number of carbonyl (C=O) groups excluding carboxylic acids is 1. The van der Waals surface area contributed by atoms with Crippen LogP contribution in [0.4, 0.5) is 0 Å². The van der Waals surface area contributed by atoms with Gasteiger partial charge >= 0.3 is 0 Å². The van der Waals surface area contributed by atoms with E-state index in [1.165, 1.54) is 0 Å². The number of methoxy groups -OCH3 is 1. The Labute approximate surface area is 173 Å². The van der Waals surface area contributed by atoms with Gasteiger partial charge in [0.1, 0.15) is 11.5 Å². The fraction of sp³-hybridized carbons (Fsp3) is 0.350. The zero-order chi connectivity index (χ0) is 20.0. The molecule has 0 spiro atoms. The van der Waals surface area contributed by atoms with Crippen LogP contribution < -0.4 is 14.8 Å². The number of amides is 1. The maximum atomic E-state index is 12.5. The Hall–Kier alpha value is -1.76. The number of rotatable bonds is 8. The molecule has 0 saturated carbocycles. The van der Waals surface area contributed by atoms with Gasteiger partial charge in [-0.05, 0) is 61.2 Å². The second kappa shape index (κ2) is 9.97. The molecule has 1 N–H and O–H groups in total. The number of benzene rings is 2. The van der Waals surface area contributed by atoms with Crippen molar-refractivity contribution < 1.29 is 14.3 Å². The van der Waals surface area contributed by atoms with Crippen LogP contribution in [-0.2, 0) is 4.79 Å². The Bertz CT molecular complexity index is 786. The van der Waals surface area contributed by atoms with E-state index in [0.29, 0.717) is 21.8 Å². The largest absolute Gasteiger partial charge is 0.496 e. The minimum absolute atomic E-state index is 0.0282. The molecule has 0 fully saturated rings. The molecule has 0 aromatic heterocycles. The van der Waals surface area contributed by atoms with Gasteiger partial charge in [0.15, 0.2) is 6.10 Å². The third-order valence-electron chi connectivity index (χ3n) is 4.16. The second-order valence-electron chi connectivity index (χ2n) is 6.30. The SMILES string of the molecule is COc1ccccc1C(CNC(=O)C(C)Oc1ccc(Cl)cc1Br)N(C)C. The standard InChI is InChI=1S/C20H24BrClN2O3/c1-13(27-19-10-9-14(22)11-16(19)21)20(25)23-12-17(24(2)3)15-7-5-6-8-18(15)26-4/h5-11,13,17H,12H2,1-4H3,(H,23,25). The van der Waals surface area contributed by atoms with E-state index in [9.17, 15) is 4.79 Å². The summed E-state index contributed by atoms with van der Waals surface area (Å²) >= 11 is 9.32. The van der Waals surface area contributed by atoms with Crippen molar-refractivity contribution in [2.75, 3.05) is 27.7 Å². The molecule has 0 aliphatic rings. The summed E-state index contributed by atoms with van der Waals surface area (Å²) in [6.07, 6.45) is -0.650. The summed E-state index contributed by atoms with van der Waals surface area (Å²) in [4.78, 5) is 14.6. The summed E-state index contributed by atoms with van der Waals surface area (Å²) in [6, 6.07) is 12.9. The molecule has 7 heteroatoms. The first-order chi connectivity index (χ1) is 12.8. The number of ether oxygens (including phenoxy) is 2. The van der Waals surface area contributed by atoms with E-state index in [1.807, 2.05) is 43.3 Å². The minimum Gasteiger partial charge on any atom is -0.496 e. The first-order valence-electron chi connectivity index (χ1n) is 8.52. The van der Waals surface area contributed by atoms with Crippen molar-refractivity contribution in [1.29, 1.82) is 0 Å². The molecule has 2 aromatic carbocycles. The fourth-order valence-corrected chi connectivity index (χ4v) is 3.44. The highest BCUT2D eigenvalue weighted by molar-refractivity contribution is 9.10. The summed E-state index contributed by atoms with van der Waals surface area (Å²) in [5, 5.41) is 3.56. The second-order valence-corrected chi connectivity index (χ2v) is 7.59. The highest BCUT2D eigenvalue weighted by atomic mass is 79.9. The van der Waals surface area contributed by atoms with Crippen molar-refractivity contribution in [2.24, 2.45) is 0 Å². The number of para-hydroxylation sites is 1. The molecular weight excluding hydrogens is 432 g/mol. The Kier molecular flexibility index (Phi) is 7.95. The molecule has 0 radical (unpaired) electrons. The van der Waals surface area contributed by atoms with Crippen LogP contribution in [0.5, 0.6) is 11.5 Å². The van der Waals surface area contributed by atoms with Gasteiger partial charge in [0.25, 0.3) is 5.91 Å². The van der Waals surface area contributed by atoms with E-state index in [1.54, 1.807) is 32.2 Å². The molecule has 0 aliphatic heterocycles. The highest BCUT2D eigenvalue weighted by Gasteiger charge is 2.22. The number of hydrogen-bond acceptors (Lipinski definition) is 4. The predicted octanol–water partition coefficient (Wildman–Crippen LogP) is 4.30. The Balaban J connectivity index is 2.03. The van der Waals surface area contributed by atoms with E-state index in [-0.39, 0.29) is 11.9 Å². The third-order valence-corrected chi connectivity index (χ3v) is 5.01. The normalized spacial score (nSPS) is 13.1. The smallest absolute Gasteiger partial charge is 0.260 e. The summed E-state index contributed by atoms with van der Waals surface area (Å²) in [6.45, 7) is 2.14. The fourth-order valence-electron chi connectivity index (χ4n) is 2.67. The van der Waals surface area contributed by atoms with Crippen LogP contribution in [0, 0.1) is 0 Å². The topological polar surface area (TPSA) is 50.8 Å². The molecule has 2 unspecified atom stereocenters. The van der Waals surface area contributed by atoms with Gasteiger partial charge < -0.3 is 19.7 Å². The molecule has 27 heavy (non-hydrogen) atoms. The van der Waals surface area contributed by atoms with Crippen LogP contribution in [0.25, 0.3) is 0 Å². The van der Waals surface area contributed by atoms with Gasteiger partial charge in [0, 0.05) is 17.1 Å². The van der Waals surface area contributed by atoms with Crippen LogP contribution in [0.3, 0.4) is 0 Å². The lowest BCUT2D eigenvalue weighted by atomic mass is 10.0. The van der Waals surface area contributed by atoms with E-state index in [2.05, 4.69) is 21.2 Å². The maximum Gasteiger partial charge on any atom is 0.260 e. The number of nitrogens with zero attached hydrogens (tertiary/aromatic N) is 1. The zero-order valence-electron chi connectivity index (χ0n) is 15.8. The minimum atomic E-state index is -0.650. The van der Waals surface area contributed by atoms with Crippen molar-refractivity contribution >= 4 is 33.4 Å². The molecule has 5 nitrogen and oxygen atoms in total. The monoisotopic (exact) mass is 454 g/mol. The molecule has 0 saturated heterocycles. The number of hydrogen-bond donors (Lipinski definition) is 1. The summed E-state index contributed by atoms with van der Waals surface area (Å²) in [5.74, 6) is 1.16. The third kappa shape index (κ3) is 5.86. The molecule has 0 aliphatic carbocycles. The maximum absolute atomic E-state index is 12.5. The molecular formula is C20H24BrClN2O3. The highest BCUT2D eigenvalue weighted by Crippen LogP contribution is 2.29. The first kappa shape index (κ1) is 21.5.